The second-order valence-electron chi connectivity index (χ2n) is 7.59. The smallest absolute Gasteiger partial charge is 0.227 e. The largest absolute Gasteiger partial charge is 0.381 e. The summed E-state index contributed by atoms with van der Waals surface area (Å²) in [4.78, 5) is 17.4. The molecule has 0 atom stereocenters. The van der Waals surface area contributed by atoms with E-state index < -0.39 is 0 Å². The maximum Gasteiger partial charge on any atom is 0.227 e. The van der Waals surface area contributed by atoms with Crippen LogP contribution in [-0.4, -0.2) is 67.2 Å². The molecular formula is C21H34ClN3O2. The van der Waals surface area contributed by atoms with Gasteiger partial charge in [-0.25, -0.2) is 0 Å². The second-order valence-corrected chi connectivity index (χ2v) is 7.59. The van der Waals surface area contributed by atoms with Gasteiger partial charge in [0, 0.05) is 51.5 Å². The van der Waals surface area contributed by atoms with Crippen molar-refractivity contribution < 1.29 is 9.53 Å². The van der Waals surface area contributed by atoms with Crippen LogP contribution in [0.5, 0.6) is 0 Å². The molecule has 3 rings (SSSR count). The fourth-order valence-corrected chi connectivity index (χ4v) is 4.36. The van der Waals surface area contributed by atoms with Gasteiger partial charge in [-0.05, 0) is 43.7 Å². The topological polar surface area (TPSA) is 58.8 Å². The Kier molecular flexibility index (Phi) is 9.03. The molecule has 152 valence electrons. The average Bonchev–Trinajstić information content (AvgIpc) is 2.69. The molecule has 1 aromatic rings. The van der Waals surface area contributed by atoms with Gasteiger partial charge in [-0.3, -0.25) is 9.69 Å². The van der Waals surface area contributed by atoms with Crippen LogP contribution in [0.3, 0.4) is 0 Å². The molecule has 2 N–H and O–H groups in total. The van der Waals surface area contributed by atoms with Crippen LogP contribution in [0.4, 0.5) is 0 Å². The van der Waals surface area contributed by atoms with Crippen molar-refractivity contribution >= 4 is 18.3 Å². The maximum absolute atomic E-state index is 12.7. The minimum Gasteiger partial charge on any atom is -0.381 e. The number of nitrogens with two attached hydrogens (primary N) is 1. The molecule has 5 nitrogen and oxygen atoms in total. The standard InChI is InChI=1S/C21H33N3O2.ClH/c1-17-4-2-3-5-18(17)16-21(25)23-11-6-19(7-12-23)24(13-10-22)20-8-14-26-15-9-20;/h2-5,19-20H,6-16,22H2,1H3;1H. The number of nitrogens with zero attached hydrogens (tertiary/aromatic N) is 2. The van der Waals surface area contributed by atoms with E-state index in [0.29, 0.717) is 25.0 Å². The van der Waals surface area contributed by atoms with E-state index in [9.17, 15) is 4.79 Å². The zero-order valence-corrected chi connectivity index (χ0v) is 17.3. The molecule has 27 heavy (non-hydrogen) atoms. The average molecular weight is 396 g/mol. The first-order chi connectivity index (χ1) is 12.7. The van der Waals surface area contributed by atoms with E-state index in [4.69, 9.17) is 10.5 Å². The van der Waals surface area contributed by atoms with E-state index >= 15 is 0 Å². The normalized spacial score (nSPS) is 19.1. The van der Waals surface area contributed by atoms with E-state index in [0.717, 1.165) is 64.1 Å². The van der Waals surface area contributed by atoms with Gasteiger partial charge in [0.25, 0.3) is 0 Å². The first kappa shape index (κ1) is 22.2. The van der Waals surface area contributed by atoms with Crippen LogP contribution in [0.1, 0.15) is 36.8 Å². The number of piperidine rings is 1. The summed E-state index contributed by atoms with van der Waals surface area (Å²) >= 11 is 0. The SMILES string of the molecule is Cc1ccccc1CC(=O)N1CCC(N(CCN)C2CCOCC2)CC1.Cl. The molecule has 0 aliphatic carbocycles. The number of rotatable bonds is 6. The van der Waals surface area contributed by atoms with Crippen molar-refractivity contribution in [1.82, 2.24) is 9.80 Å². The number of benzene rings is 1. The highest BCUT2D eigenvalue weighted by atomic mass is 35.5. The molecule has 2 saturated heterocycles. The van der Waals surface area contributed by atoms with Crippen molar-refractivity contribution in [2.45, 2.75) is 51.1 Å². The summed E-state index contributed by atoms with van der Waals surface area (Å²) in [7, 11) is 0. The molecule has 0 unspecified atom stereocenters. The van der Waals surface area contributed by atoms with Crippen molar-refractivity contribution in [3.05, 3.63) is 35.4 Å². The van der Waals surface area contributed by atoms with E-state index in [2.05, 4.69) is 24.0 Å². The zero-order chi connectivity index (χ0) is 18.4. The first-order valence-corrected chi connectivity index (χ1v) is 10.0. The Hall–Kier alpha value is -1.14. The third kappa shape index (κ3) is 5.92. The summed E-state index contributed by atoms with van der Waals surface area (Å²) in [6.45, 7) is 7.17. The zero-order valence-electron chi connectivity index (χ0n) is 16.4. The molecule has 1 aromatic carbocycles. The van der Waals surface area contributed by atoms with Crippen molar-refractivity contribution in [3.8, 4) is 0 Å². The Morgan fingerprint density at radius 1 is 1.15 bits per heavy atom. The van der Waals surface area contributed by atoms with Crippen molar-refractivity contribution in [2.75, 3.05) is 39.4 Å². The van der Waals surface area contributed by atoms with Gasteiger partial charge in [0.1, 0.15) is 0 Å². The van der Waals surface area contributed by atoms with Gasteiger partial charge in [-0.15, -0.1) is 12.4 Å². The molecule has 2 fully saturated rings. The quantitative estimate of drug-likeness (QED) is 0.803. The van der Waals surface area contributed by atoms with Crippen LogP contribution in [0, 0.1) is 6.92 Å². The monoisotopic (exact) mass is 395 g/mol. The Bertz CT molecular complexity index is 585. The van der Waals surface area contributed by atoms with Crippen LogP contribution >= 0.6 is 12.4 Å². The lowest BCUT2D eigenvalue weighted by molar-refractivity contribution is -0.132. The van der Waals surface area contributed by atoms with Gasteiger partial charge in [-0.1, -0.05) is 24.3 Å². The van der Waals surface area contributed by atoms with Gasteiger partial charge in [0.15, 0.2) is 0 Å². The predicted octanol–water partition coefficient (Wildman–Crippen LogP) is 2.39. The van der Waals surface area contributed by atoms with Crippen LogP contribution in [-0.2, 0) is 16.0 Å². The second kappa shape index (κ2) is 11.0. The molecule has 2 aliphatic heterocycles. The molecule has 0 saturated carbocycles. The summed E-state index contributed by atoms with van der Waals surface area (Å²) in [5, 5.41) is 0. The Labute approximate surface area is 169 Å². The highest BCUT2D eigenvalue weighted by molar-refractivity contribution is 5.85. The maximum atomic E-state index is 12.7. The summed E-state index contributed by atoms with van der Waals surface area (Å²) in [6.07, 6.45) is 4.83. The van der Waals surface area contributed by atoms with Gasteiger partial charge in [0.2, 0.25) is 5.91 Å². The summed E-state index contributed by atoms with van der Waals surface area (Å²) in [5.41, 5.74) is 8.22. The van der Waals surface area contributed by atoms with Gasteiger partial charge in [0.05, 0.1) is 6.42 Å². The van der Waals surface area contributed by atoms with Gasteiger partial charge < -0.3 is 15.4 Å². The molecular weight excluding hydrogens is 362 g/mol. The Morgan fingerprint density at radius 3 is 2.41 bits per heavy atom. The van der Waals surface area contributed by atoms with Gasteiger partial charge >= 0.3 is 0 Å². The highest BCUT2D eigenvalue weighted by Crippen LogP contribution is 2.24. The van der Waals surface area contributed by atoms with Crippen molar-refractivity contribution in [2.24, 2.45) is 5.73 Å². The Morgan fingerprint density at radius 2 is 1.78 bits per heavy atom. The molecule has 2 aliphatic rings. The van der Waals surface area contributed by atoms with E-state index in [-0.39, 0.29) is 18.3 Å². The third-order valence-corrected chi connectivity index (χ3v) is 5.94. The predicted molar refractivity (Wildman–Crippen MR) is 111 cm³/mol. The summed E-state index contributed by atoms with van der Waals surface area (Å²) in [5.74, 6) is 0.259. The number of carbonyl (C=O) groups is 1. The molecule has 2 heterocycles. The number of halogens is 1. The summed E-state index contributed by atoms with van der Waals surface area (Å²) < 4.78 is 5.52. The molecule has 6 heteroatoms. The number of aryl methyl sites for hydroxylation is 1. The van der Waals surface area contributed by atoms with Crippen molar-refractivity contribution in [1.29, 1.82) is 0 Å². The molecule has 1 amide bonds. The number of hydrogen-bond donors (Lipinski definition) is 1. The third-order valence-electron chi connectivity index (χ3n) is 5.94. The number of carbonyl (C=O) groups excluding carboxylic acids is 1. The molecule has 0 spiro atoms. The fourth-order valence-electron chi connectivity index (χ4n) is 4.36. The lowest BCUT2D eigenvalue weighted by atomic mass is 9.97. The van der Waals surface area contributed by atoms with E-state index in [1.807, 2.05) is 17.0 Å². The Balaban J connectivity index is 0.00000261. The highest BCUT2D eigenvalue weighted by Gasteiger charge is 2.31. The lowest BCUT2D eigenvalue weighted by Gasteiger charge is -2.43. The van der Waals surface area contributed by atoms with Gasteiger partial charge in [-0.2, -0.15) is 0 Å². The molecule has 0 radical (unpaired) electrons. The van der Waals surface area contributed by atoms with Crippen LogP contribution in [0.25, 0.3) is 0 Å². The number of hydrogen-bond acceptors (Lipinski definition) is 4. The van der Waals surface area contributed by atoms with Crippen LogP contribution in [0.2, 0.25) is 0 Å². The van der Waals surface area contributed by atoms with Crippen molar-refractivity contribution in [3.63, 3.8) is 0 Å². The minimum absolute atomic E-state index is 0. The number of likely N-dealkylation sites (tertiary alicyclic amines) is 1. The molecule has 0 bridgehead atoms. The van der Waals surface area contributed by atoms with Crippen LogP contribution in [0.15, 0.2) is 24.3 Å². The minimum atomic E-state index is 0. The van der Waals surface area contributed by atoms with E-state index in [1.54, 1.807) is 0 Å². The van der Waals surface area contributed by atoms with E-state index in [1.165, 1.54) is 5.56 Å². The first-order valence-electron chi connectivity index (χ1n) is 10.0. The lowest BCUT2D eigenvalue weighted by Crippen LogP contribution is -2.52. The summed E-state index contributed by atoms with van der Waals surface area (Å²) in [6, 6.07) is 9.31. The fraction of sp³-hybridized carbons (Fsp3) is 0.667. The van der Waals surface area contributed by atoms with Crippen LogP contribution < -0.4 is 5.73 Å². The number of amides is 1. The number of ether oxygens (including phenoxy) is 1. The molecule has 0 aromatic heterocycles.